The Kier molecular flexibility index (Phi) is 4.83. The minimum Gasteiger partial charge on any atom is -0.485 e. The zero-order chi connectivity index (χ0) is 20.4. The van der Waals surface area contributed by atoms with Crippen LogP contribution in [0, 0.1) is 0 Å². The van der Waals surface area contributed by atoms with Crippen molar-refractivity contribution in [2.75, 3.05) is 6.61 Å². The lowest BCUT2D eigenvalue weighted by molar-refractivity contribution is -0.156. The normalized spacial score (nSPS) is 15.8. The minimum atomic E-state index is -4.49. The highest BCUT2D eigenvalue weighted by atomic mass is 19.4. The fraction of sp³-hybridized carbons (Fsp3) is 0.211. The summed E-state index contributed by atoms with van der Waals surface area (Å²) in [6, 6.07) is 11.4. The van der Waals surface area contributed by atoms with Crippen LogP contribution >= 0.6 is 0 Å². The smallest absolute Gasteiger partial charge is 0.416 e. The van der Waals surface area contributed by atoms with E-state index in [0.29, 0.717) is 11.5 Å². The molecule has 4 rings (SSSR count). The number of benzene rings is 2. The Morgan fingerprint density at radius 2 is 1.93 bits per heavy atom. The van der Waals surface area contributed by atoms with Crippen molar-refractivity contribution in [2.24, 2.45) is 0 Å². The van der Waals surface area contributed by atoms with Crippen molar-refractivity contribution < 1.29 is 36.7 Å². The number of rotatable bonds is 4. The summed E-state index contributed by atoms with van der Waals surface area (Å²) in [6.07, 6.45) is -5.45. The van der Waals surface area contributed by atoms with Crippen LogP contribution in [0.2, 0.25) is 0 Å². The maximum atomic E-state index is 12.8. The van der Waals surface area contributed by atoms with Gasteiger partial charge in [0.05, 0.1) is 5.56 Å². The number of ether oxygens (including phenoxy) is 3. The van der Waals surface area contributed by atoms with Crippen molar-refractivity contribution >= 4 is 5.97 Å². The topological polar surface area (TPSA) is 83.7 Å². The molecule has 150 valence electrons. The van der Waals surface area contributed by atoms with Crippen LogP contribution in [-0.2, 0) is 22.3 Å². The summed E-state index contributed by atoms with van der Waals surface area (Å²) in [4.78, 5) is 16.1. The average Bonchev–Trinajstić information content (AvgIpc) is 3.20. The Morgan fingerprint density at radius 1 is 1.14 bits per heavy atom. The first-order chi connectivity index (χ1) is 13.9. The summed E-state index contributed by atoms with van der Waals surface area (Å²) in [5, 5.41) is 3.63. The molecule has 0 fully saturated rings. The SMILES string of the molecule is O=C(OCc1nc(-c2cccc(C(F)(F)F)c2)no1)C1COc2ccccc2O1. The van der Waals surface area contributed by atoms with E-state index in [1.54, 1.807) is 24.3 Å². The van der Waals surface area contributed by atoms with Crippen molar-refractivity contribution in [1.29, 1.82) is 0 Å². The van der Waals surface area contributed by atoms with Gasteiger partial charge < -0.3 is 18.7 Å². The van der Waals surface area contributed by atoms with Gasteiger partial charge in [0.1, 0.15) is 6.61 Å². The number of carbonyl (C=O) groups excluding carboxylic acids is 1. The van der Waals surface area contributed by atoms with Gasteiger partial charge in [0, 0.05) is 5.56 Å². The Balaban J connectivity index is 1.38. The van der Waals surface area contributed by atoms with E-state index in [9.17, 15) is 18.0 Å². The third-order valence-electron chi connectivity index (χ3n) is 4.03. The lowest BCUT2D eigenvalue weighted by atomic mass is 10.1. The van der Waals surface area contributed by atoms with Crippen LogP contribution in [0.25, 0.3) is 11.4 Å². The number of nitrogens with zero attached hydrogens (tertiary/aromatic N) is 2. The summed E-state index contributed by atoms with van der Waals surface area (Å²) in [6.45, 7) is -0.374. The van der Waals surface area contributed by atoms with Crippen LogP contribution in [0.5, 0.6) is 11.5 Å². The monoisotopic (exact) mass is 406 g/mol. The van der Waals surface area contributed by atoms with Crippen LogP contribution in [0.4, 0.5) is 13.2 Å². The second-order valence-corrected chi connectivity index (χ2v) is 6.06. The maximum Gasteiger partial charge on any atom is 0.416 e. The molecule has 0 saturated heterocycles. The van der Waals surface area contributed by atoms with E-state index in [4.69, 9.17) is 18.7 Å². The largest absolute Gasteiger partial charge is 0.485 e. The van der Waals surface area contributed by atoms with E-state index in [1.165, 1.54) is 12.1 Å². The molecule has 2 heterocycles. The molecular formula is C19H13F3N2O5. The molecule has 1 aliphatic rings. The number of aromatic nitrogens is 2. The van der Waals surface area contributed by atoms with Crippen molar-refractivity contribution in [3.63, 3.8) is 0 Å². The fourth-order valence-corrected chi connectivity index (χ4v) is 2.63. The lowest BCUT2D eigenvalue weighted by Crippen LogP contribution is -2.37. The fourth-order valence-electron chi connectivity index (χ4n) is 2.63. The van der Waals surface area contributed by atoms with Gasteiger partial charge in [-0.05, 0) is 24.3 Å². The maximum absolute atomic E-state index is 12.8. The van der Waals surface area contributed by atoms with Gasteiger partial charge in [-0.3, -0.25) is 0 Å². The second kappa shape index (κ2) is 7.46. The predicted molar refractivity (Wildman–Crippen MR) is 90.9 cm³/mol. The summed E-state index contributed by atoms with van der Waals surface area (Å²) in [5.74, 6) is 0.138. The van der Waals surface area contributed by atoms with E-state index in [-0.39, 0.29) is 30.5 Å². The highest BCUT2D eigenvalue weighted by Gasteiger charge is 2.31. The van der Waals surface area contributed by atoms with E-state index in [0.717, 1.165) is 12.1 Å². The van der Waals surface area contributed by atoms with E-state index < -0.39 is 23.8 Å². The summed E-state index contributed by atoms with van der Waals surface area (Å²) in [7, 11) is 0. The quantitative estimate of drug-likeness (QED) is 0.612. The van der Waals surface area contributed by atoms with Gasteiger partial charge in [-0.25, -0.2) is 4.79 Å². The first-order valence-corrected chi connectivity index (χ1v) is 8.45. The Morgan fingerprint density at radius 3 is 2.72 bits per heavy atom. The third-order valence-corrected chi connectivity index (χ3v) is 4.03. The molecule has 10 heteroatoms. The molecule has 2 aromatic carbocycles. The van der Waals surface area contributed by atoms with E-state index in [1.807, 2.05) is 0 Å². The molecule has 0 amide bonds. The highest BCUT2D eigenvalue weighted by Crippen LogP contribution is 2.32. The number of alkyl halides is 3. The molecule has 0 aliphatic carbocycles. The molecular weight excluding hydrogens is 393 g/mol. The molecule has 1 aromatic heterocycles. The van der Waals surface area contributed by atoms with E-state index in [2.05, 4.69) is 10.1 Å². The lowest BCUT2D eigenvalue weighted by Gasteiger charge is -2.24. The van der Waals surface area contributed by atoms with Gasteiger partial charge in [-0.1, -0.05) is 29.4 Å². The summed E-state index contributed by atoms with van der Waals surface area (Å²) in [5.41, 5.74) is -0.704. The van der Waals surface area contributed by atoms with Gasteiger partial charge in [0.25, 0.3) is 5.89 Å². The number of esters is 1. The van der Waals surface area contributed by atoms with Crippen LogP contribution in [0.1, 0.15) is 11.5 Å². The number of fused-ring (bicyclic) bond motifs is 1. The molecule has 29 heavy (non-hydrogen) atoms. The predicted octanol–water partition coefficient (Wildman–Crippen LogP) is 3.64. The molecule has 0 saturated carbocycles. The number of halogens is 3. The van der Waals surface area contributed by atoms with Crippen LogP contribution in [-0.4, -0.2) is 28.8 Å². The first kappa shape index (κ1) is 18.8. The first-order valence-electron chi connectivity index (χ1n) is 8.45. The number of hydrogen-bond acceptors (Lipinski definition) is 7. The Hall–Kier alpha value is -3.56. The van der Waals surface area contributed by atoms with E-state index >= 15 is 0 Å². The standard InChI is InChI=1S/C19H13F3N2O5/c20-19(21,22)12-5-3-4-11(8-12)17-23-16(29-24-17)10-27-18(25)15-9-26-13-6-1-2-7-14(13)28-15/h1-8,15H,9-10H2. The summed E-state index contributed by atoms with van der Waals surface area (Å²) >= 11 is 0. The number of hydrogen-bond donors (Lipinski definition) is 0. The second-order valence-electron chi connectivity index (χ2n) is 6.06. The molecule has 0 radical (unpaired) electrons. The molecule has 0 bridgehead atoms. The van der Waals surface area contributed by atoms with Crippen molar-refractivity contribution in [3.8, 4) is 22.9 Å². The molecule has 1 aliphatic heterocycles. The van der Waals surface area contributed by atoms with Gasteiger partial charge in [-0.2, -0.15) is 18.2 Å². The zero-order valence-corrected chi connectivity index (χ0v) is 14.7. The van der Waals surface area contributed by atoms with Gasteiger partial charge in [0.15, 0.2) is 18.1 Å². The summed E-state index contributed by atoms with van der Waals surface area (Å²) < 4.78 is 59.5. The van der Waals surface area contributed by atoms with Crippen LogP contribution < -0.4 is 9.47 Å². The molecule has 0 N–H and O–H groups in total. The average molecular weight is 406 g/mol. The molecule has 7 nitrogen and oxygen atoms in total. The third kappa shape index (κ3) is 4.15. The molecule has 1 unspecified atom stereocenters. The zero-order valence-electron chi connectivity index (χ0n) is 14.7. The minimum absolute atomic E-state index is 0.0187. The number of carbonyl (C=O) groups is 1. The van der Waals surface area contributed by atoms with Gasteiger partial charge in [0.2, 0.25) is 11.9 Å². The van der Waals surface area contributed by atoms with Crippen molar-refractivity contribution in [2.45, 2.75) is 18.9 Å². The molecule has 3 aromatic rings. The highest BCUT2D eigenvalue weighted by molar-refractivity contribution is 5.76. The van der Waals surface area contributed by atoms with Crippen molar-refractivity contribution in [1.82, 2.24) is 10.1 Å². The Labute approximate surface area is 162 Å². The van der Waals surface area contributed by atoms with Gasteiger partial charge in [-0.15, -0.1) is 0 Å². The van der Waals surface area contributed by atoms with Gasteiger partial charge >= 0.3 is 12.1 Å². The van der Waals surface area contributed by atoms with Crippen LogP contribution in [0.3, 0.4) is 0 Å². The van der Waals surface area contributed by atoms with Crippen LogP contribution in [0.15, 0.2) is 53.1 Å². The van der Waals surface area contributed by atoms with Crippen molar-refractivity contribution in [3.05, 3.63) is 60.0 Å². The number of para-hydroxylation sites is 2. The molecule has 0 spiro atoms. The Bertz CT molecular complexity index is 1030. The molecule has 1 atom stereocenters.